The molecular weight excluding hydrogens is 432 g/mol. The van der Waals surface area contributed by atoms with Crippen LogP contribution < -0.4 is 5.32 Å². The van der Waals surface area contributed by atoms with Gasteiger partial charge in [-0.15, -0.1) is 0 Å². The second-order valence-electron chi connectivity index (χ2n) is 9.84. The lowest BCUT2D eigenvalue weighted by Crippen LogP contribution is -2.45. The number of nitrogens with one attached hydrogen (secondary N) is 1. The molecule has 178 valence electrons. The smallest absolute Gasteiger partial charge is 0.407 e. The molecule has 2 aromatic rings. The molecule has 0 aromatic heterocycles. The monoisotopic (exact) mass is 462 g/mol. The maximum Gasteiger partial charge on any atom is 0.407 e. The molecule has 5 rings (SSSR count). The number of hydrogen-bond acceptors (Lipinski definition) is 4. The van der Waals surface area contributed by atoms with E-state index in [1.807, 2.05) is 24.3 Å². The Morgan fingerprint density at radius 3 is 2.24 bits per heavy atom. The summed E-state index contributed by atoms with van der Waals surface area (Å²) in [5.74, 6) is -0.902. The number of nitrogens with zero attached hydrogens (tertiary/aromatic N) is 1. The van der Waals surface area contributed by atoms with Gasteiger partial charge in [-0.25, -0.2) is 9.59 Å². The zero-order chi connectivity index (χ0) is 23.9. The van der Waals surface area contributed by atoms with Crippen molar-refractivity contribution in [1.29, 1.82) is 0 Å². The Hall–Kier alpha value is -3.35. The summed E-state index contributed by atoms with van der Waals surface area (Å²) in [7, 11) is 1.59. The number of ether oxygens (including phenoxy) is 1. The largest absolute Gasteiger partial charge is 0.479 e. The molecule has 2 amide bonds. The van der Waals surface area contributed by atoms with E-state index in [1.165, 1.54) is 27.2 Å². The van der Waals surface area contributed by atoms with Gasteiger partial charge in [0, 0.05) is 25.4 Å². The van der Waals surface area contributed by atoms with Gasteiger partial charge in [0.1, 0.15) is 12.1 Å². The SMILES string of the molecule is CN(C(=O)C[C@@H]1CC[C@H](NC(=O)OCC2c3ccccc3-c3ccccc32)C1)C1(C(=O)O)CC1. The first-order chi connectivity index (χ1) is 16.4. The van der Waals surface area contributed by atoms with Gasteiger partial charge in [0.15, 0.2) is 0 Å². The van der Waals surface area contributed by atoms with Crippen LogP contribution in [0.15, 0.2) is 48.5 Å². The second-order valence-corrected chi connectivity index (χ2v) is 9.84. The first-order valence-corrected chi connectivity index (χ1v) is 12.0. The highest BCUT2D eigenvalue weighted by atomic mass is 16.5. The van der Waals surface area contributed by atoms with Crippen molar-refractivity contribution >= 4 is 18.0 Å². The molecular formula is C27H30N2O5. The Kier molecular flexibility index (Phi) is 5.80. The standard InChI is InChI=1S/C27H30N2O5/c1-29(27(12-13-27)25(31)32)24(30)15-17-10-11-18(14-17)28-26(33)34-16-23-21-8-4-2-6-19(21)20-7-3-5-9-22(20)23/h2-9,17-18,23H,10-16H2,1H3,(H,28,33)(H,31,32)/t17-,18+/m1/s1. The molecule has 3 aliphatic rings. The second kappa shape index (κ2) is 8.78. The first-order valence-electron chi connectivity index (χ1n) is 12.0. The van der Waals surface area contributed by atoms with Crippen molar-refractivity contribution in [1.82, 2.24) is 10.2 Å². The van der Waals surface area contributed by atoms with E-state index < -0.39 is 17.6 Å². The summed E-state index contributed by atoms with van der Waals surface area (Å²) in [6.45, 7) is 0.274. The molecule has 0 radical (unpaired) electrons. The van der Waals surface area contributed by atoms with Crippen LogP contribution >= 0.6 is 0 Å². The van der Waals surface area contributed by atoms with Gasteiger partial charge in [0.25, 0.3) is 0 Å². The molecule has 0 saturated heterocycles. The Labute approximate surface area is 199 Å². The fourth-order valence-corrected chi connectivity index (χ4v) is 5.63. The number of alkyl carbamates (subject to hydrolysis) is 1. The van der Waals surface area contributed by atoms with Gasteiger partial charge in [0.2, 0.25) is 5.91 Å². The average molecular weight is 463 g/mol. The topological polar surface area (TPSA) is 95.9 Å². The third-order valence-electron chi connectivity index (χ3n) is 7.81. The molecule has 0 unspecified atom stereocenters. The van der Waals surface area contributed by atoms with Crippen molar-refractivity contribution in [3.63, 3.8) is 0 Å². The zero-order valence-electron chi connectivity index (χ0n) is 19.3. The molecule has 2 saturated carbocycles. The van der Waals surface area contributed by atoms with Crippen molar-refractivity contribution in [3.8, 4) is 11.1 Å². The molecule has 0 heterocycles. The number of rotatable bonds is 7. The number of carboxylic acids is 1. The molecule has 2 aromatic carbocycles. The third-order valence-corrected chi connectivity index (χ3v) is 7.81. The fourth-order valence-electron chi connectivity index (χ4n) is 5.63. The van der Waals surface area contributed by atoms with Crippen LogP contribution in [0.25, 0.3) is 11.1 Å². The maximum absolute atomic E-state index is 12.6. The van der Waals surface area contributed by atoms with E-state index in [1.54, 1.807) is 7.05 Å². The summed E-state index contributed by atoms with van der Waals surface area (Å²) >= 11 is 0. The molecule has 0 spiro atoms. The maximum atomic E-state index is 12.6. The highest BCUT2D eigenvalue weighted by Gasteiger charge is 2.55. The molecule has 0 aliphatic heterocycles. The lowest BCUT2D eigenvalue weighted by Gasteiger charge is -2.25. The summed E-state index contributed by atoms with van der Waals surface area (Å²) in [6.07, 6.45) is 3.23. The number of carbonyl (C=O) groups is 3. The highest BCUT2D eigenvalue weighted by Crippen LogP contribution is 2.45. The minimum Gasteiger partial charge on any atom is -0.479 e. The molecule has 2 N–H and O–H groups in total. The van der Waals surface area contributed by atoms with Gasteiger partial charge in [-0.2, -0.15) is 0 Å². The summed E-state index contributed by atoms with van der Waals surface area (Å²) < 4.78 is 5.64. The van der Waals surface area contributed by atoms with E-state index >= 15 is 0 Å². The summed E-state index contributed by atoms with van der Waals surface area (Å²) in [5, 5.41) is 12.4. The fraction of sp³-hybridized carbons (Fsp3) is 0.444. The van der Waals surface area contributed by atoms with E-state index in [-0.39, 0.29) is 30.4 Å². The van der Waals surface area contributed by atoms with Crippen LogP contribution in [0, 0.1) is 5.92 Å². The number of carboxylic acid groups (broad SMARTS) is 1. The Bertz CT molecular complexity index is 1080. The molecule has 7 heteroatoms. The van der Waals surface area contributed by atoms with Gasteiger partial charge < -0.3 is 20.1 Å². The van der Waals surface area contributed by atoms with Crippen LogP contribution in [0.4, 0.5) is 4.79 Å². The van der Waals surface area contributed by atoms with E-state index in [4.69, 9.17) is 4.74 Å². The van der Waals surface area contributed by atoms with Crippen LogP contribution in [-0.4, -0.2) is 53.2 Å². The van der Waals surface area contributed by atoms with E-state index in [0.717, 1.165) is 12.8 Å². The van der Waals surface area contributed by atoms with Gasteiger partial charge in [-0.05, 0) is 60.3 Å². The Morgan fingerprint density at radius 2 is 1.65 bits per heavy atom. The lowest BCUT2D eigenvalue weighted by molar-refractivity contribution is -0.151. The normalized spacial score (nSPS) is 21.9. The zero-order valence-corrected chi connectivity index (χ0v) is 19.3. The molecule has 2 fully saturated rings. The van der Waals surface area contributed by atoms with Crippen molar-refractivity contribution < 1.29 is 24.2 Å². The minimum absolute atomic E-state index is 0.0200. The van der Waals surface area contributed by atoms with Crippen LogP contribution in [0.5, 0.6) is 0 Å². The van der Waals surface area contributed by atoms with E-state index in [0.29, 0.717) is 25.7 Å². The summed E-state index contributed by atoms with van der Waals surface area (Å²) in [6, 6.07) is 16.4. The number of benzene rings is 2. The van der Waals surface area contributed by atoms with E-state index in [2.05, 4.69) is 29.6 Å². The number of hydrogen-bond donors (Lipinski definition) is 2. The number of aliphatic carboxylic acids is 1. The van der Waals surface area contributed by atoms with Crippen molar-refractivity contribution in [2.45, 2.75) is 56.0 Å². The van der Waals surface area contributed by atoms with Crippen LogP contribution in [0.3, 0.4) is 0 Å². The first kappa shape index (κ1) is 22.4. The van der Waals surface area contributed by atoms with Crippen LogP contribution in [-0.2, 0) is 14.3 Å². The number of fused-ring (bicyclic) bond motifs is 3. The summed E-state index contributed by atoms with van der Waals surface area (Å²) in [4.78, 5) is 38.1. The number of carbonyl (C=O) groups excluding carboxylic acids is 2. The van der Waals surface area contributed by atoms with Crippen LogP contribution in [0.1, 0.15) is 55.6 Å². The molecule has 3 aliphatic carbocycles. The van der Waals surface area contributed by atoms with Crippen LogP contribution in [0.2, 0.25) is 0 Å². The predicted octanol–water partition coefficient (Wildman–Crippen LogP) is 4.16. The van der Waals surface area contributed by atoms with Gasteiger partial charge in [0.05, 0.1) is 0 Å². The summed E-state index contributed by atoms with van der Waals surface area (Å²) in [5.41, 5.74) is 3.73. The van der Waals surface area contributed by atoms with Gasteiger partial charge >= 0.3 is 12.1 Å². The molecule has 0 bridgehead atoms. The quantitative estimate of drug-likeness (QED) is 0.644. The van der Waals surface area contributed by atoms with Crippen molar-refractivity contribution in [2.24, 2.45) is 5.92 Å². The number of amides is 2. The highest BCUT2D eigenvalue weighted by molar-refractivity contribution is 5.89. The van der Waals surface area contributed by atoms with Gasteiger partial charge in [-0.3, -0.25) is 4.79 Å². The third kappa shape index (κ3) is 4.04. The molecule has 34 heavy (non-hydrogen) atoms. The van der Waals surface area contributed by atoms with Crippen molar-refractivity contribution in [3.05, 3.63) is 59.7 Å². The predicted molar refractivity (Wildman–Crippen MR) is 126 cm³/mol. The minimum atomic E-state index is -1.01. The molecule has 7 nitrogen and oxygen atoms in total. The Balaban J connectivity index is 1.12. The van der Waals surface area contributed by atoms with E-state index in [9.17, 15) is 19.5 Å². The lowest BCUT2D eigenvalue weighted by atomic mass is 9.98. The average Bonchev–Trinajstić information content (AvgIpc) is 3.45. The van der Waals surface area contributed by atoms with Crippen molar-refractivity contribution in [2.75, 3.05) is 13.7 Å². The van der Waals surface area contributed by atoms with Gasteiger partial charge in [-0.1, -0.05) is 48.5 Å². The molecule has 2 atom stereocenters. The Morgan fingerprint density at radius 1 is 1.03 bits per heavy atom. The number of likely N-dealkylation sites (N-methyl/N-ethyl adjacent to an activating group) is 1.